The van der Waals surface area contributed by atoms with E-state index in [-0.39, 0.29) is 0 Å². The number of benzene rings is 4. The Bertz CT molecular complexity index is 1270. The second kappa shape index (κ2) is 11.8. The average molecular weight is 579 g/mol. The summed E-state index contributed by atoms with van der Waals surface area (Å²) < 4.78 is 7.77. The SMILES string of the molecule is CN=C(c1ccccc1)c1cccc(C)c1PI(C)c1cc(C)ccc1OCc1ccccc1. The third-order valence-corrected chi connectivity index (χ3v) is 14.8. The van der Waals surface area contributed by atoms with Crippen molar-refractivity contribution < 1.29 is 4.74 Å². The fraction of sp³-hybridized carbons (Fsp3) is 0.167. The molecular weight excluding hydrogens is 548 g/mol. The van der Waals surface area contributed by atoms with Gasteiger partial charge in [-0.2, -0.15) is 0 Å². The van der Waals surface area contributed by atoms with Crippen molar-refractivity contribution in [2.75, 3.05) is 12.0 Å². The first-order valence-electron chi connectivity index (χ1n) is 11.3. The van der Waals surface area contributed by atoms with Gasteiger partial charge < -0.3 is 0 Å². The predicted molar refractivity (Wildman–Crippen MR) is 158 cm³/mol. The van der Waals surface area contributed by atoms with Crippen molar-refractivity contribution in [2.24, 2.45) is 4.99 Å². The van der Waals surface area contributed by atoms with Crippen LogP contribution >= 0.6 is 25.5 Å². The molecule has 0 saturated heterocycles. The molecular formula is C30H31INOP. The minimum absolute atomic E-state index is 0.597. The number of hydrogen-bond acceptors (Lipinski definition) is 2. The Kier molecular flexibility index (Phi) is 8.53. The zero-order valence-corrected chi connectivity index (χ0v) is 23.3. The Morgan fingerprint density at radius 2 is 1.56 bits per heavy atom. The van der Waals surface area contributed by atoms with Gasteiger partial charge in [0.1, 0.15) is 0 Å². The Labute approximate surface area is 212 Å². The van der Waals surface area contributed by atoms with Crippen LogP contribution in [0.25, 0.3) is 0 Å². The van der Waals surface area contributed by atoms with Gasteiger partial charge in [0.2, 0.25) is 0 Å². The molecule has 174 valence electrons. The van der Waals surface area contributed by atoms with Gasteiger partial charge in [-0.15, -0.1) is 0 Å². The maximum atomic E-state index is 6.36. The second-order valence-corrected chi connectivity index (χ2v) is 18.2. The van der Waals surface area contributed by atoms with E-state index in [4.69, 9.17) is 9.73 Å². The van der Waals surface area contributed by atoms with Crippen molar-refractivity contribution in [1.29, 1.82) is 0 Å². The van der Waals surface area contributed by atoms with Crippen LogP contribution in [0.15, 0.2) is 102 Å². The van der Waals surface area contributed by atoms with Crippen LogP contribution in [0.2, 0.25) is 0 Å². The number of nitrogens with zero attached hydrogens (tertiary/aromatic N) is 1. The average Bonchev–Trinajstić information content (AvgIpc) is 2.87. The van der Waals surface area contributed by atoms with Gasteiger partial charge >= 0.3 is 213 Å². The van der Waals surface area contributed by atoms with Crippen molar-refractivity contribution in [3.8, 4) is 5.75 Å². The van der Waals surface area contributed by atoms with E-state index in [1.165, 1.54) is 36.7 Å². The molecule has 1 atom stereocenters. The van der Waals surface area contributed by atoms with E-state index in [0.717, 1.165) is 17.7 Å². The Hall–Kier alpha value is -2.49. The molecule has 0 aliphatic heterocycles. The quantitative estimate of drug-likeness (QED) is 0.0914. The van der Waals surface area contributed by atoms with E-state index in [1.54, 1.807) is 0 Å². The van der Waals surface area contributed by atoms with Crippen molar-refractivity contribution in [3.63, 3.8) is 0 Å². The van der Waals surface area contributed by atoms with Crippen molar-refractivity contribution in [3.05, 3.63) is 128 Å². The molecule has 1 unspecified atom stereocenters. The van der Waals surface area contributed by atoms with Gasteiger partial charge in [0.25, 0.3) is 0 Å². The van der Waals surface area contributed by atoms with Gasteiger partial charge in [-0.05, 0) is 0 Å². The third-order valence-electron chi connectivity index (χ3n) is 5.66. The number of halogens is 1. The van der Waals surface area contributed by atoms with E-state index >= 15 is 0 Å². The van der Waals surface area contributed by atoms with Gasteiger partial charge in [0.15, 0.2) is 0 Å². The van der Waals surface area contributed by atoms with Crippen molar-refractivity contribution in [1.82, 2.24) is 0 Å². The van der Waals surface area contributed by atoms with Crippen LogP contribution in [0.4, 0.5) is 0 Å². The molecule has 0 aliphatic rings. The van der Waals surface area contributed by atoms with E-state index in [2.05, 4.69) is 110 Å². The maximum absolute atomic E-state index is 6.36. The standard InChI is InChI=1S/C30H31INOP/c1-22-18-19-28(33-21-24-13-7-5-8-14-24)27(20-22)31(3)34-30-23(2)12-11-17-26(30)29(32-4)25-15-9-6-10-16-25/h5-20,34H,21H2,1-4H3. The monoisotopic (exact) mass is 579 g/mol. The fourth-order valence-corrected chi connectivity index (χ4v) is 13.3. The van der Waals surface area contributed by atoms with Crippen LogP contribution in [0.5, 0.6) is 5.75 Å². The Morgan fingerprint density at radius 1 is 0.853 bits per heavy atom. The molecule has 0 aromatic heterocycles. The first-order chi connectivity index (χ1) is 16.6. The van der Waals surface area contributed by atoms with Crippen molar-refractivity contribution in [2.45, 2.75) is 20.5 Å². The Balaban J connectivity index is 1.65. The molecule has 34 heavy (non-hydrogen) atoms. The number of aliphatic imine (C=N–C) groups is 1. The summed E-state index contributed by atoms with van der Waals surface area (Å²) in [6, 6.07) is 34.2. The van der Waals surface area contributed by atoms with E-state index in [1.807, 2.05) is 13.1 Å². The zero-order chi connectivity index (χ0) is 23.9. The van der Waals surface area contributed by atoms with Gasteiger partial charge in [0.05, 0.1) is 0 Å². The van der Waals surface area contributed by atoms with Gasteiger partial charge in [-0.25, -0.2) is 0 Å². The minimum atomic E-state index is -1.55. The third kappa shape index (κ3) is 5.95. The van der Waals surface area contributed by atoms with Crippen LogP contribution < -0.4 is 10.0 Å². The predicted octanol–water partition coefficient (Wildman–Crippen LogP) is 7.57. The number of alkyl halides is 1. The van der Waals surface area contributed by atoms with Gasteiger partial charge in [0, 0.05) is 0 Å². The molecule has 4 aromatic carbocycles. The first-order valence-corrected chi connectivity index (χ1v) is 18.7. The molecule has 4 aromatic rings. The molecule has 2 nitrogen and oxygen atoms in total. The summed E-state index contributed by atoms with van der Waals surface area (Å²) in [7, 11) is 1.90. The van der Waals surface area contributed by atoms with E-state index in [9.17, 15) is 0 Å². The van der Waals surface area contributed by atoms with Crippen LogP contribution in [0, 0.1) is 17.4 Å². The summed E-state index contributed by atoms with van der Waals surface area (Å²) in [6.07, 6.45) is 0.754. The number of aryl methyl sites for hydroxylation is 2. The van der Waals surface area contributed by atoms with Crippen LogP contribution in [0.3, 0.4) is 0 Å². The van der Waals surface area contributed by atoms with Crippen LogP contribution in [0.1, 0.15) is 27.8 Å². The van der Waals surface area contributed by atoms with Gasteiger partial charge in [-0.1, -0.05) is 0 Å². The number of ether oxygens (including phenoxy) is 1. The fourth-order valence-electron chi connectivity index (χ4n) is 3.86. The van der Waals surface area contributed by atoms with Crippen LogP contribution in [-0.4, -0.2) is 17.7 Å². The number of hydrogen-bond donors (Lipinski definition) is 0. The molecule has 0 amide bonds. The molecule has 4 rings (SSSR count). The molecule has 0 aliphatic carbocycles. The topological polar surface area (TPSA) is 21.6 Å². The summed E-state index contributed by atoms with van der Waals surface area (Å²) in [4.78, 5) is 7.19. The summed E-state index contributed by atoms with van der Waals surface area (Å²) in [5, 5.41) is 1.44. The molecule has 0 fully saturated rings. The summed E-state index contributed by atoms with van der Waals surface area (Å²) >= 11 is -1.55. The van der Waals surface area contributed by atoms with E-state index < -0.39 is 19.3 Å². The molecule has 0 radical (unpaired) electrons. The number of rotatable bonds is 8. The molecule has 0 saturated carbocycles. The summed E-state index contributed by atoms with van der Waals surface area (Å²) in [6.45, 7) is 5.01. The first kappa shape index (κ1) is 24.6. The van der Waals surface area contributed by atoms with Crippen molar-refractivity contribution >= 4 is 36.5 Å². The zero-order valence-electron chi connectivity index (χ0n) is 20.2. The summed E-state index contributed by atoms with van der Waals surface area (Å²) in [5.74, 6) is 1.04. The summed E-state index contributed by atoms with van der Waals surface area (Å²) in [5.41, 5.74) is 7.33. The van der Waals surface area contributed by atoms with Gasteiger partial charge in [-0.3, -0.25) is 0 Å². The normalized spacial score (nSPS) is 12.2. The molecule has 0 bridgehead atoms. The molecule has 0 spiro atoms. The Morgan fingerprint density at radius 3 is 2.26 bits per heavy atom. The molecule has 0 N–H and O–H groups in total. The van der Waals surface area contributed by atoms with E-state index in [0.29, 0.717) is 6.61 Å². The second-order valence-electron chi connectivity index (χ2n) is 8.21. The van der Waals surface area contributed by atoms with Crippen LogP contribution in [-0.2, 0) is 6.61 Å². The molecule has 0 heterocycles. The molecule has 4 heteroatoms.